The Kier molecular flexibility index (Phi) is 6.19. The van der Waals surface area contributed by atoms with Crippen LogP contribution in [-0.4, -0.2) is 18.5 Å². The summed E-state index contributed by atoms with van der Waals surface area (Å²) < 4.78 is 10.2. The second kappa shape index (κ2) is 8.79. The molecule has 0 bridgehead atoms. The number of hydrogen-bond donors (Lipinski definition) is 0. The van der Waals surface area contributed by atoms with Crippen LogP contribution in [0.4, 0.5) is 0 Å². The lowest BCUT2D eigenvalue weighted by molar-refractivity contribution is -0.141. The van der Waals surface area contributed by atoms with E-state index in [0.29, 0.717) is 12.2 Å². The van der Waals surface area contributed by atoms with Crippen LogP contribution in [0.15, 0.2) is 54.6 Å². The molecule has 1 aliphatic rings. The van der Waals surface area contributed by atoms with Crippen LogP contribution in [0.3, 0.4) is 0 Å². The fourth-order valence-corrected chi connectivity index (χ4v) is 3.37. The van der Waals surface area contributed by atoms with Gasteiger partial charge in [-0.25, -0.2) is 4.79 Å². The Labute approximate surface area is 171 Å². The first-order valence-electron chi connectivity index (χ1n) is 9.67. The smallest absolute Gasteiger partial charge is 0.352 e. The number of benzene rings is 2. The maximum absolute atomic E-state index is 12.0. The van der Waals surface area contributed by atoms with Crippen LogP contribution < -0.4 is 0 Å². The molecule has 0 saturated carbocycles. The Morgan fingerprint density at radius 1 is 1.10 bits per heavy atom. The topological polar surface area (TPSA) is 52.6 Å². The van der Waals surface area contributed by atoms with Gasteiger partial charge in [-0.1, -0.05) is 44.2 Å². The molecule has 2 aromatic rings. The fraction of sp³-hybridized carbons (Fsp3) is 0.280. The molecule has 0 aliphatic heterocycles. The van der Waals surface area contributed by atoms with Crippen LogP contribution >= 0.6 is 0 Å². The van der Waals surface area contributed by atoms with E-state index in [-0.39, 0.29) is 17.8 Å². The van der Waals surface area contributed by atoms with Gasteiger partial charge < -0.3 is 9.47 Å². The van der Waals surface area contributed by atoms with E-state index in [0.717, 1.165) is 23.1 Å². The predicted octanol–water partition coefficient (Wildman–Crippen LogP) is 4.87. The molecule has 2 aromatic carbocycles. The highest BCUT2D eigenvalue weighted by Crippen LogP contribution is 2.40. The Bertz CT molecular complexity index is 1000. The number of ether oxygens (including phenoxy) is 2. The zero-order valence-electron chi connectivity index (χ0n) is 17.0. The molecule has 29 heavy (non-hydrogen) atoms. The maximum atomic E-state index is 12.0. The molecule has 0 fully saturated rings. The van der Waals surface area contributed by atoms with Gasteiger partial charge in [-0.3, -0.25) is 4.79 Å². The molecule has 3 rings (SSSR count). The predicted molar refractivity (Wildman–Crippen MR) is 112 cm³/mol. The average molecular weight is 388 g/mol. The zero-order valence-corrected chi connectivity index (χ0v) is 17.0. The van der Waals surface area contributed by atoms with Gasteiger partial charge in [0, 0.05) is 5.56 Å². The average Bonchev–Trinajstić information content (AvgIpc) is 2.71. The Balaban J connectivity index is 1.82. The second-order valence-corrected chi connectivity index (χ2v) is 7.54. The second-order valence-electron chi connectivity index (χ2n) is 7.54. The van der Waals surface area contributed by atoms with Crippen molar-refractivity contribution in [1.29, 1.82) is 0 Å². The van der Waals surface area contributed by atoms with Gasteiger partial charge in [0.15, 0.2) is 0 Å². The van der Waals surface area contributed by atoms with Gasteiger partial charge in [0.05, 0.1) is 18.6 Å². The van der Waals surface area contributed by atoms with Crippen molar-refractivity contribution in [3.05, 3.63) is 76.9 Å². The van der Waals surface area contributed by atoms with E-state index in [1.165, 1.54) is 5.56 Å². The standard InChI is InChI=1S/C25H24O4/c1-4-28-23(26)17-20-12-14-25(2,3)22-11-10-18(16-21(20)22)13-15-29-24(27)19-8-6-5-7-9-19/h5-12,16H,4,14,17H2,1-3H3. The van der Waals surface area contributed by atoms with Crippen molar-refractivity contribution in [3.8, 4) is 12.0 Å². The Morgan fingerprint density at radius 2 is 1.86 bits per heavy atom. The quantitative estimate of drug-likeness (QED) is 0.554. The Morgan fingerprint density at radius 3 is 2.59 bits per heavy atom. The highest BCUT2D eigenvalue weighted by atomic mass is 16.5. The molecular weight excluding hydrogens is 364 g/mol. The van der Waals surface area contributed by atoms with Crippen LogP contribution in [0.1, 0.15) is 60.7 Å². The van der Waals surface area contributed by atoms with Gasteiger partial charge in [-0.15, -0.1) is 0 Å². The molecule has 0 spiro atoms. The third kappa shape index (κ3) is 4.94. The molecule has 0 amide bonds. The molecule has 0 aromatic heterocycles. The molecule has 0 atom stereocenters. The van der Waals surface area contributed by atoms with E-state index in [1.54, 1.807) is 31.2 Å². The maximum Gasteiger partial charge on any atom is 0.352 e. The van der Waals surface area contributed by atoms with Gasteiger partial charge in [0.1, 0.15) is 6.11 Å². The highest BCUT2D eigenvalue weighted by molar-refractivity contribution is 5.90. The molecule has 0 radical (unpaired) electrons. The molecule has 4 nitrogen and oxygen atoms in total. The Hall–Kier alpha value is -3.32. The van der Waals surface area contributed by atoms with Crippen LogP contribution in [0.25, 0.3) is 5.57 Å². The number of rotatable bonds is 4. The van der Waals surface area contributed by atoms with Gasteiger partial charge in [-0.2, -0.15) is 0 Å². The first kappa shape index (κ1) is 20.4. The minimum Gasteiger partial charge on any atom is -0.466 e. The van der Waals surface area contributed by atoms with Crippen LogP contribution in [-0.2, 0) is 19.7 Å². The summed E-state index contributed by atoms with van der Waals surface area (Å²) in [6, 6.07) is 14.6. The van der Waals surface area contributed by atoms with Gasteiger partial charge in [-0.05, 0) is 65.6 Å². The number of carbonyl (C=O) groups excluding carboxylic acids is 2. The van der Waals surface area contributed by atoms with Crippen LogP contribution in [0, 0.1) is 12.0 Å². The van der Waals surface area contributed by atoms with Crippen molar-refractivity contribution in [2.75, 3.05) is 6.61 Å². The van der Waals surface area contributed by atoms with Crippen molar-refractivity contribution in [2.45, 2.75) is 39.0 Å². The van der Waals surface area contributed by atoms with Gasteiger partial charge in [0.25, 0.3) is 0 Å². The largest absolute Gasteiger partial charge is 0.466 e. The van der Waals surface area contributed by atoms with E-state index < -0.39 is 5.97 Å². The molecule has 0 unspecified atom stereocenters. The number of hydrogen-bond acceptors (Lipinski definition) is 4. The van der Waals surface area contributed by atoms with E-state index in [9.17, 15) is 9.59 Å². The SMILES string of the molecule is CCOC(=O)CC1=CCC(C)(C)c2ccc(C#COC(=O)c3ccccc3)cc21. The minimum atomic E-state index is -0.486. The zero-order chi connectivity index (χ0) is 20.9. The van der Waals surface area contributed by atoms with E-state index >= 15 is 0 Å². The van der Waals surface area contributed by atoms with Crippen molar-refractivity contribution >= 4 is 17.5 Å². The summed E-state index contributed by atoms with van der Waals surface area (Å²) in [6.07, 6.45) is 5.68. The summed E-state index contributed by atoms with van der Waals surface area (Å²) >= 11 is 0. The van der Waals surface area contributed by atoms with Crippen LogP contribution in [0.5, 0.6) is 0 Å². The minimum absolute atomic E-state index is 0.0285. The summed E-state index contributed by atoms with van der Waals surface area (Å²) in [5, 5.41) is 0. The molecule has 1 aliphatic carbocycles. The summed E-state index contributed by atoms with van der Waals surface area (Å²) in [6.45, 7) is 6.52. The lowest BCUT2D eigenvalue weighted by atomic mass is 9.72. The van der Waals surface area contributed by atoms with Crippen molar-refractivity contribution in [2.24, 2.45) is 0 Å². The normalized spacial score (nSPS) is 14.0. The van der Waals surface area contributed by atoms with Crippen LogP contribution in [0.2, 0.25) is 0 Å². The summed E-state index contributed by atoms with van der Waals surface area (Å²) in [5.74, 6) is 2.16. The number of fused-ring (bicyclic) bond motifs is 1. The lowest BCUT2D eigenvalue weighted by Crippen LogP contribution is -2.22. The number of esters is 2. The summed E-state index contributed by atoms with van der Waals surface area (Å²) in [5.41, 5.74) is 4.26. The fourth-order valence-electron chi connectivity index (χ4n) is 3.37. The number of carbonyl (C=O) groups is 2. The third-order valence-corrected chi connectivity index (χ3v) is 4.94. The molecule has 4 heteroatoms. The molecule has 0 heterocycles. The highest BCUT2D eigenvalue weighted by Gasteiger charge is 2.29. The van der Waals surface area contributed by atoms with Gasteiger partial charge >= 0.3 is 11.9 Å². The molecule has 148 valence electrons. The summed E-state index contributed by atoms with van der Waals surface area (Å²) in [4.78, 5) is 24.0. The van der Waals surface area contributed by atoms with E-state index in [2.05, 4.69) is 32.0 Å². The molecular formula is C25H24O4. The van der Waals surface area contributed by atoms with Crippen molar-refractivity contribution in [3.63, 3.8) is 0 Å². The summed E-state index contributed by atoms with van der Waals surface area (Å²) in [7, 11) is 0. The third-order valence-electron chi connectivity index (χ3n) is 4.94. The molecule has 0 N–H and O–H groups in total. The van der Waals surface area contributed by atoms with E-state index in [1.807, 2.05) is 24.3 Å². The molecule has 0 saturated heterocycles. The lowest BCUT2D eigenvalue weighted by Gasteiger charge is -2.32. The first-order chi connectivity index (χ1) is 13.9. The van der Waals surface area contributed by atoms with Gasteiger partial charge in [0.2, 0.25) is 0 Å². The number of allylic oxidation sites excluding steroid dienone is 1. The van der Waals surface area contributed by atoms with Crippen molar-refractivity contribution < 1.29 is 19.1 Å². The first-order valence-corrected chi connectivity index (χ1v) is 9.67. The monoisotopic (exact) mass is 388 g/mol. The van der Waals surface area contributed by atoms with Crippen molar-refractivity contribution in [1.82, 2.24) is 0 Å². The van der Waals surface area contributed by atoms with E-state index in [4.69, 9.17) is 9.47 Å².